The van der Waals surface area contributed by atoms with Crippen LogP contribution in [0.4, 0.5) is 0 Å². The van der Waals surface area contributed by atoms with Gasteiger partial charge in [-0.3, -0.25) is 5.10 Å². The molecule has 5 nitrogen and oxygen atoms in total. The summed E-state index contributed by atoms with van der Waals surface area (Å²) < 4.78 is 11.2. The molecule has 0 spiro atoms. The lowest BCUT2D eigenvalue weighted by atomic mass is 10.0. The van der Waals surface area contributed by atoms with E-state index < -0.39 is 0 Å². The van der Waals surface area contributed by atoms with Gasteiger partial charge >= 0.3 is 0 Å². The molecule has 0 saturated carbocycles. The minimum absolute atomic E-state index is 0.345. The van der Waals surface area contributed by atoms with Crippen LogP contribution in [0.1, 0.15) is 31.1 Å². The van der Waals surface area contributed by atoms with Gasteiger partial charge in [-0.05, 0) is 38.8 Å². The minimum atomic E-state index is 0.345. The lowest BCUT2D eigenvalue weighted by molar-refractivity contribution is 0.0130. The molecule has 1 saturated heterocycles. The first kappa shape index (κ1) is 13.4. The Bertz CT molecular complexity index is 561. The standard InChI is InChI=1S/C15H21N3O2/c1-10-3-4-14(20-10)15-12(9-17-18-15)8-16-13-5-6-19-11(2)7-13/h3-4,9,11,13,16H,5-8H2,1-2H3,(H,17,18). The topological polar surface area (TPSA) is 63.1 Å². The van der Waals surface area contributed by atoms with E-state index in [4.69, 9.17) is 9.15 Å². The molecule has 2 unspecified atom stereocenters. The summed E-state index contributed by atoms with van der Waals surface area (Å²) in [6.07, 6.45) is 4.34. The van der Waals surface area contributed by atoms with E-state index in [0.29, 0.717) is 12.1 Å². The van der Waals surface area contributed by atoms with Gasteiger partial charge < -0.3 is 14.5 Å². The number of nitrogens with zero attached hydrogens (tertiary/aromatic N) is 1. The maximum Gasteiger partial charge on any atom is 0.152 e. The van der Waals surface area contributed by atoms with Crippen LogP contribution in [0.5, 0.6) is 0 Å². The predicted octanol–water partition coefficient (Wildman–Crippen LogP) is 2.64. The number of H-pyrrole nitrogens is 1. The molecule has 0 bridgehead atoms. The summed E-state index contributed by atoms with van der Waals surface area (Å²) in [5.74, 6) is 1.75. The first-order chi connectivity index (χ1) is 9.72. The molecule has 2 N–H and O–H groups in total. The number of hydrogen-bond acceptors (Lipinski definition) is 4. The number of ether oxygens (including phenoxy) is 1. The fourth-order valence-electron chi connectivity index (χ4n) is 2.67. The zero-order chi connectivity index (χ0) is 13.9. The van der Waals surface area contributed by atoms with E-state index in [2.05, 4.69) is 22.4 Å². The van der Waals surface area contributed by atoms with Crippen LogP contribution < -0.4 is 5.32 Å². The average Bonchev–Trinajstić information content (AvgIpc) is 3.04. The van der Waals surface area contributed by atoms with Gasteiger partial charge in [0.2, 0.25) is 0 Å². The normalized spacial score (nSPS) is 23.1. The van der Waals surface area contributed by atoms with E-state index in [1.807, 2.05) is 25.3 Å². The van der Waals surface area contributed by atoms with Crippen LogP contribution >= 0.6 is 0 Å². The molecule has 3 rings (SSSR count). The molecule has 3 heterocycles. The highest BCUT2D eigenvalue weighted by Gasteiger charge is 2.19. The van der Waals surface area contributed by atoms with Crippen molar-refractivity contribution in [2.24, 2.45) is 0 Å². The Morgan fingerprint density at radius 3 is 3.10 bits per heavy atom. The smallest absolute Gasteiger partial charge is 0.152 e. The molecule has 2 aromatic heterocycles. The zero-order valence-corrected chi connectivity index (χ0v) is 12.0. The second-order valence-corrected chi connectivity index (χ2v) is 5.46. The van der Waals surface area contributed by atoms with Crippen molar-refractivity contribution in [3.05, 3.63) is 29.7 Å². The Morgan fingerprint density at radius 2 is 2.35 bits per heavy atom. The van der Waals surface area contributed by atoms with Crippen molar-refractivity contribution in [3.63, 3.8) is 0 Å². The van der Waals surface area contributed by atoms with E-state index in [0.717, 1.165) is 48.8 Å². The van der Waals surface area contributed by atoms with Gasteiger partial charge in [-0.2, -0.15) is 5.10 Å². The number of nitrogens with one attached hydrogen (secondary N) is 2. The van der Waals surface area contributed by atoms with Crippen molar-refractivity contribution in [1.82, 2.24) is 15.5 Å². The van der Waals surface area contributed by atoms with Gasteiger partial charge in [-0.1, -0.05) is 0 Å². The Balaban J connectivity index is 1.65. The van der Waals surface area contributed by atoms with E-state index in [-0.39, 0.29) is 0 Å². The molecule has 108 valence electrons. The van der Waals surface area contributed by atoms with Crippen LogP contribution in [0.3, 0.4) is 0 Å². The number of aromatic amines is 1. The Morgan fingerprint density at radius 1 is 1.45 bits per heavy atom. The Hall–Kier alpha value is -1.59. The molecular formula is C15H21N3O2. The maximum atomic E-state index is 5.66. The molecule has 0 amide bonds. The third kappa shape index (κ3) is 2.94. The number of aromatic nitrogens is 2. The van der Waals surface area contributed by atoms with Gasteiger partial charge in [0.25, 0.3) is 0 Å². The van der Waals surface area contributed by atoms with Crippen molar-refractivity contribution in [2.75, 3.05) is 6.61 Å². The van der Waals surface area contributed by atoms with Crippen LogP contribution in [0, 0.1) is 6.92 Å². The van der Waals surface area contributed by atoms with E-state index >= 15 is 0 Å². The Kier molecular flexibility index (Phi) is 3.89. The van der Waals surface area contributed by atoms with Gasteiger partial charge in [0, 0.05) is 24.8 Å². The molecule has 1 aliphatic heterocycles. The summed E-state index contributed by atoms with van der Waals surface area (Å²) in [6, 6.07) is 4.45. The van der Waals surface area contributed by atoms with Crippen molar-refractivity contribution in [1.29, 1.82) is 0 Å². The van der Waals surface area contributed by atoms with Crippen molar-refractivity contribution < 1.29 is 9.15 Å². The van der Waals surface area contributed by atoms with Crippen molar-refractivity contribution in [2.45, 2.75) is 45.4 Å². The van der Waals surface area contributed by atoms with Crippen LogP contribution in [0.15, 0.2) is 22.7 Å². The molecular weight excluding hydrogens is 254 g/mol. The van der Waals surface area contributed by atoms with Crippen LogP contribution in [-0.2, 0) is 11.3 Å². The van der Waals surface area contributed by atoms with E-state index in [9.17, 15) is 0 Å². The molecule has 1 aliphatic rings. The second-order valence-electron chi connectivity index (χ2n) is 5.46. The zero-order valence-electron chi connectivity index (χ0n) is 12.0. The van der Waals surface area contributed by atoms with Crippen molar-refractivity contribution in [3.8, 4) is 11.5 Å². The van der Waals surface area contributed by atoms with Crippen LogP contribution in [0.2, 0.25) is 0 Å². The largest absolute Gasteiger partial charge is 0.460 e. The lowest BCUT2D eigenvalue weighted by Crippen LogP contribution is -2.37. The summed E-state index contributed by atoms with van der Waals surface area (Å²) in [5, 5.41) is 10.7. The van der Waals surface area contributed by atoms with Gasteiger partial charge in [-0.25, -0.2) is 0 Å². The third-order valence-electron chi connectivity index (χ3n) is 3.77. The van der Waals surface area contributed by atoms with Gasteiger partial charge in [0.05, 0.1) is 12.3 Å². The second kappa shape index (κ2) is 5.81. The molecule has 0 aromatic carbocycles. The first-order valence-corrected chi connectivity index (χ1v) is 7.16. The molecule has 5 heteroatoms. The first-order valence-electron chi connectivity index (χ1n) is 7.16. The van der Waals surface area contributed by atoms with Crippen LogP contribution in [-0.4, -0.2) is 29.0 Å². The molecule has 0 aliphatic carbocycles. The van der Waals surface area contributed by atoms with E-state index in [1.165, 1.54) is 0 Å². The number of hydrogen-bond donors (Lipinski definition) is 2. The number of rotatable bonds is 4. The molecule has 20 heavy (non-hydrogen) atoms. The SMILES string of the molecule is Cc1ccc(-c2[nH]ncc2CNC2CCOC(C)C2)o1. The fourth-order valence-corrected chi connectivity index (χ4v) is 2.67. The summed E-state index contributed by atoms with van der Waals surface area (Å²) in [6.45, 7) is 5.71. The predicted molar refractivity (Wildman–Crippen MR) is 76.3 cm³/mol. The monoisotopic (exact) mass is 275 g/mol. The van der Waals surface area contributed by atoms with Gasteiger partial charge in [0.1, 0.15) is 11.5 Å². The quantitative estimate of drug-likeness (QED) is 0.900. The third-order valence-corrected chi connectivity index (χ3v) is 3.77. The molecule has 2 atom stereocenters. The fraction of sp³-hybridized carbons (Fsp3) is 0.533. The molecule has 1 fully saturated rings. The molecule has 2 aromatic rings. The number of furan rings is 1. The van der Waals surface area contributed by atoms with Gasteiger partial charge in [0.15, 0.2) is 5.76 Å². The summed E-state index contributed by atoms with van der Waals surface area (Å²) in [5.41, 5.74) is 2.10. The summed E-state index contributed by atoms with van der Waals surface area (Å²) >= 11 is 0. The highest BCUT2D eigenvalue weighted by atomic mass is 16.5. The lowest BCUT2D eigenvalue weighted by Gasteiger charge is -2.28. The van der Waals surface area contributed by atoms with Gasteiger partial charge in [-0.15, -0.1) is 0 Å². The molecule has 0 radical (unpaired) electrons. The van der Waals surface area contributed by atoms with Crippen LogP contribution in [0.25, 0.3) is 11.5 Å². The summed E-state index contributed by atoms with van der Waals surface area (Å²) in [7, 11) is 0. The highest BCUT2D eigenvalue weighted by Crippen LogP contribution is 2.23. The minimum Gasteiger partial charge on any atom is -0.460 e. The number of aryl methyl sites for hydroxylation is 1. The maximum absolute atomic E-state index is 5.66. The van der Waals surface area contributed by atoms with Crippen molar-refractivity contribution >= 4 is 0 Å². The summed E-state index contributed by atoms with van der Waals surface area (Å²) in [4.78, 5) is 0. The highest BCUT2D eigenvalue weighted by molar-refractivity contribution is 5.56. The average molecular weight is 275 g/mol. The van der Waals surface area contributed by atoms with E-state index in [1.54, 1.807) is 0 Å². The Labute approximate surface area is 118 Å².